The standard InChI is InChI=1S/C14H27BrN4O/c1-6-7-16-13(11(2)20-5)14-12(15)10-17-19(14)9-8-18(3)4/h10-11,13,16H,6-9H2,1-5H3. The molecule has 116 valence electrons. The van der Waals surface area contributed by atoms with E-state index in [4.69, 9.17) is 4.74 Å². The topological polar surface area (TPSA) is 42.3 Å². The summed E-state index contributed by atoms with van der Waals surface area (Å²) in [6, 6.07) is 0.138. The van der Waals surface area contributed by atoms with E-state index in [1.165, 1.54) is 0 Å². The van der Waals surface area contributed by atoms with E-state index < -0.39 is 0 Å². The number of methoxy groups -OCH3 is 1. The number of ether oxygens (including phenoxy) is 1. The Hall–Kier alpha value is -0.430. The van der Waals surface area contributed by atoms with Crippen molar-refractivity contribution in [3.8, 4) is 0 Å². The van der Waals surface area contributed by atoms with Gasteiger partial charge in [-0.1, -0.05) is 6.92 Å². The minimum Gasteiger partial charge on any atom is -0.380 e. The average molecular weight is 347 g/mol. The fourth-order valence-electron chi connectivity index (χ4n) is 2.07. The molecule has 0 aliphatic heterocycles. The molecule has 6 heteroatoms. The summed E-state index contributed by atoms with van der Waals surface area (Å²) < 4.78 is 8.63. The van der Waals surface area contributed by atoms with Crippen LogP contribution in [0.5, 0.6) is 0 Å². The molecule has 20 heavy (non-hydrogen) atoms. The largest absolute Gasteiger partial charge is 0.380 e. The van der Waals surface area contributed by atoms with Gasteiger partial charge in [0, 0.05) is 13.7 Å². The van der Waals surface area contributed by atoms with Gasteiger partial charge in [0.25, 0.3) is 0 Å². The molecule has 0 saturated heterocycles. The molecule has 0 bridgehead atoms. The Labute approximate surface area is 130 Å². The summed E-state index contributed by atoms with van der Waals surface area (Å²) in [6.07, 6.45) is 3.05. The van der Waals surface area contributed by atoms with Crippen LogP contribution in [0.3, 0.4) is 0 Å². The first-order valence-corrected chi connectivity index (χ1v) is 7.92. The van der Waals surface area contributed by atoms with Gasteiger partial charge in [-0.2, -0.15) is 5.10 Å². The van der Waals surface area contributed by atoms with Crippen molar-refractivity contribution in [3.63, 3.8) is 0 Å². The lowest BCUT2D eigenvalue weighted by atomic mass is 10.1. The Kier molecular flexibility index (Phi) is 7.72. The molecule has 0 aliphatic rings. The van der Waals surface area contributed by atoms with E-state index in [1.807, 2.05) is 6.20 Å². The number of nitrogens with one attached hydrogen (secondary N) is 1. The van der Waals surface area contributed by atoms with E-state index in [0.29, 0.717) is 0 Å². The molecule has 1 N–H and O–H groups in total. The molecule has 5 nitrogen and oxygen atoms in total. The van der Waals surface area contributed by atoms with Crippen LogP contribution in [0.1, 0.15) is 32.0 Å². The van der Waals surface area contributed by atoms with E-state index in [2.05, 4.69) is 63.9 Å². The fraction of sp³-hybridized carbons (Fsp3) is 0.786. The van der Waals surface area contributed by atoms with Crippen LogP contribution in [0.2, 0.25) is 0 Å². The summed E-state index contributed by atoms with van der Waals surface area (Å²) in [5.74, 6) is 0. The van der Waals surface area contributed by atoms with Crippen LogP contribution in [-0.4, -0.2) is 55.1 Å². The van der Waals surface area contributed by atoms with E-state index in [9.17, 15) is 0 Å². The molecule has 1 heterocycles. The second-order valence-corrected chi connectivity index (χ2v) is 6.13. The number of hydrogen-bond donors (Lipinski definition) is 1. The average Bonchev–Trinajstić information content (AvgIpc) is 2.78. The Bertz CT molecular complexity index is 395. The lowest BCUT2D eigenvalue weighted by Crippen LogP contribution is -2.34. The van der Waals surface area contributed by atoms with Crippen LogP contribution in [-0.2, 0) is 11.3 Å². The maximum absolute atomic E-state index is 5.53. The minimum absolute atomic E-state index is 0.0904. The second-order valence-electron chi connectivity index (χ2n) is 5.28. The molecule has 1 rings (SSSR count). The first-order chi connectivity index (χ1) is 9.51. The molecule has 0 radical (unpaired) electrons. The highest BCUT2D eigenvalue weighted by molar-refractivity contribution is 9.10. The lowest BCUT2D eigenvalue weighted by Gasteiger charge is -2.26. The number of nitrogens with zero attached hydrogens (tertiary/aromatic N) is 3. The van der Waals surface area contributed by atoms with Gasteiger partial charge in [0.1, 0.15) is 0 Å². The zero-order valence-electron chi connectivity index (χ0n) is 13.2. The Balaban J connectivity index is 2.95. The molecule has 0 aromatic carbocycles. The van der Waals surface area contributed by atoms with Crippen LogP contribution in [0.25, 0.3) is 0 Å². The molecule has 0 saturated carbocycles. The maximum atomic E-state index is 5.53. The summed E-state index contributed by atoms with van der Waals surface area (Å²) in [7, 11) is 5.89. The molecule has 0 aliphatic carbocycles. The predicted octanol–water partition coefficient (Wildman–Crippen LogP) is 2.28. The van der Waals surface area contributed by atoms with Gasteiger partial charge in [-0.15, -0.1) is 0 Å². The van der Waals surface area contributed by atoms with E-state index >= 15 is 0 Å². The van der Waals surface area contributed by atoms with Gasteiger partial charge in [-0.3, -0.25) is 4.68 Å². The normalized spacial score (nSPS) is 14.8. The van der Waals surface area contributed by atoms with Crippen molar-refractivity contribution in [2.24, 2.45) is 0 Å². The van der Waals surface area contributed by atoms with Crippen molar-refractivity contribution in [3.05, 3.63) is 16.4 Å². The molecule has 2 atom stereocenters. The number of likely N-dealkylation sites (N-methyl/N-ethyl adjacent to an activating group) is 1. The monoisotopic (exact) mass is 346 g/mol. The molecule has 0 fully saturated rings. The lowest BCUT2D eigenvalue weighted by molar-refractivity contribution is 0.0795. The van der Waals surface area contributed by atoms with E-state index in [-0.39, 0.29) is 12.1 Å². The van der Waals surface area contributed by atoms with Gasteiger partial charge >= 0.3 is 0 Å². The highest BCUT2D eigenvalue weighted by Gasteiger charge is 2.25. The van der Waals surface area contributed by atoms with Crippen molar-refractivity contribution in [1.82, 2.24) is 20.0 Å². The Morgan fingerprint density at radius 3 is 2.75 bits per heavy atom. The second kappa shape index (κ2) is 8.77. The van der Waals surface area contributed by atoms with Gasteiger partial charge < -0.3 is 15.0 Å². The molecular weight excluding hydrogens is 320 g/mol. The highest BCUT2D eigenvalue weighted by Crippen LogP contribution is 2.27. The van der Waals surface area contributed by atoms with Crippen molar-refractivity contribution in [2.45, 2.75) is 39.0 Å². The summed E-state index contributed by atoms with van der Waals surface area (Å²) in [6.45, 7) is 7.05. The van der Waals surface area contributed by atoms with Crippen LogP contribution in [0, 0.1) is 0 Å². The number of halogens is 1. The molecular formula is C14H27BrN4O. The molecule has 1 aromatic rings. The zero-order chi connectivity index (χ0) is 15.1. The summed E-state index contributed by atoms with van der Waals surface area (Å²) in [5, 5.41) is 8.04. The first kappa shape index (κ1) is 17.6. The molecule has 1 aromatic heterocycles. The third-order valence-electron chi connectivity index (χ3n) is 3.34. The van der Waals surface area contributed by atoms with Gasteiger partial charge in [-0.25, -0.2) is 0 Å². The smallest absolute Gasteiger partial charge is 0.0766 e. The summed E-state index contributed by atoms with van der Waals surface area (Å²) in [4.78, 5) is 2.16. The van der Waals surface area contributed by atoms with Gasteiger partial charge in [0.2, 0.25) is 0 Å². The van der Waals surface area contributed by atoms with Crippen molar-refractivity contribution in [2.75, 3.05) is 34.3 Å². The van der Waals surface area contributed by atoms with Crippen molar-refractivity contribution < 1.29 is 4.74 Å². The van der Waals surface area contributed by atoms with Crippen molar-refractivity contribution >= 4 is 15.9 Å². The van der Waals surface area contributed by atoms with E-state index in [0.717, 1.165) is 36.2 Å². The Morgan fingerprint density at radius 2 is 2.20 bits per heavy atom. The number of rotatable bonds is 9. The predicted molar refractivity (Wildman–Crippen MR) is 86.0 cm³/mol. The quantitative estimate of drug-likeness (QED) is 0.744. The molecule has 0 amide bonds. The maximum Gasteiger partial charge on any atom is 0.0766 e. The van der Waals surface area contributed by atoms with Crippen LogP contribution < -0.4 is 5.32 Å². The Morgan fingerprint density at radius 1 is 1.50 bits per heavy atom. The SMILES string of the molecule is CCCNC(c1c(Br)cnn1CCN(C)C)C(C)OC. The summed E-state index contributed by atoms with van der Waals surface area (Å²) in [5.41, 5.74) is 1.16. The van der Waals surface area contributed by atoms with Crippen LogP contribution in [0.4, 0.5) is 0 Å². The molecule has 0 spiro atoms. The zero-order valence-corrected chi connectivity index (χ0v) is 14.8. The number of hydrogen-bond acceptors (Lipinski definition) is 4. The van der Waals surface area contributed by atoms with E-state index in [1.54, 1.807) is 7.11 Å². The van der Waals surface area contributed by atoms with Crippen molar-refractivity contribution in [1.29, 1.82) is 0 Å². The third-order valence-corrected chi connectivity index (χ3v) is 3.95. The minimum atomic E-state index is 0.0904. The number of aromatic nitrogens is 2. The van der Waals surface area contributed by atoms with Gasteiger partial charge in [0.05, 0.1) is 35.1 Å². The first-order valence-electron chi connectivity index (χ1n) is 7.13. The molecule has 2 unspecified atom stereocenters. The van der Waals surface area contributed by atoms with Crippen LogP contribution >= 0.6 is 15.9 Å². The van der Waals surface area contributed by atoms with Gasteiger partial charge in [0.15, 0.2) is 0 Å². The third kappa shape index (κ3) is 4.84. The summed E-state index contributed by atoms with van der Waals surface area (Å²) >= 11 is 3.62. The van der Waals surface area contributed by atoms with Gasteiger partial charge in [-0.05, 0) is 49.9 Å². The van der Waals surface area contributed by atoms with Crippen LogP contribution in [0.15, 0.2) is 10.7 Å². The fourth-order valence-corrected chi connectivity index (χ4v) is 2.62. The highest BCUT2D eigenvalue weighted by atomic mass is 79.9.